The largest absolute Gasteiger partial charge is 0.464 e. The SMILES string of the molecule is COC(=O)c1csc(-c2sccc2Cl)n1. The molecule has 0 unspecified atom stereocenters. The predicted octanol–water partition coefficient (Wildman–Crippen LogP) is 3.31. The monoisotopic (exact) mass is 259 g/mol. The third-order valence-electron chi connectivity index (χ3n) is 1.71. The van der Waals surface area contributed by atoms with Gasteiger partial charge in [0.15, 0.2) is 5.69 Å². The lowest BCUT2D eigenvalue weighted by Gasteiger charge is -1.92. The van der Waals surface area contributed by atoms with Crippen LogP contribution in [-0.4, -0.2) is 18.1 Å². The zero-order valence-corrected chi connectivity index (χ0v) is 10.1. The van der Waals surface area contributed by atoms with E-state index in [1.807, 2.05) is 5.38 Å². The fourth-order valence-corrected chi connectivity index (χ4v) is 3.14. The first-order valence-electron chi connectivity index (χ1n) is 3.99. The fourth-order valence-electron chi connectivity index (χ4n) is 1.02. The summed E-state index contributed by atoms with van der Waals surface area (Å²) in [6.45, 7) is 0. The highest BCUT2D eigenvalue weighted by Gasteiger charge is 2.14. The molecule has 0 aliphatic heterocycles. The second kappa shape index (κ2) is 4.30. The Hall–Kier alpha value is -0.910. The normalized spacial score (nSPS) is 10.3. The molecule has 0 aliphatic rings. The van der Waals surface area contributed by atoms with E-state index in [1.165, 1.54) is 29.8 Å². The summed E-state index contributed by atoms with van der Waals surface area (Å²) in [4.78, 5) is 16.2. The van der Waals surface area contributed by atoms with E-state index in [-0.39, 0.29) is 0 Å². The molecule has 0 atom stereocenters. The van der Waals surface area contributed by atoms with E-state index in [0.29, 0.717) is 10.7 Å². The van der Waals surface area contributed by atoms with Crippen molar-refractivity contribution in [2.75, 3.05) is 7.11 Å². The number of esters is 1. The molecule has 0 amide bonds. The van der Waals surface area contributed by atoms with Crippen molar-refractivity contribution in [3.8, 4) is 9.88 Å². The molecular weight excluding hydrogens is 254 g/mol. The van der Waals surface area contributed by atoms with Crippen LogP contribution in [0.4, 0.5) is 0 Å². The van der Waals surface area contributed by atoms with Crippen molar-refractivity contribution in [3.05, 3.63) is 27.5 Å². The van der Waals surface area contributed by atoms with Gasteiger partial charge in [-0.25, -0.2) is 9.78 Å². The zero-order chi connectivity index (χ0) is 10.8. The van der Waals surface area contributed by atoms with Gasteiger partial charge in [0.05, 0.1) is 17.0 Å². The Morgan fingerprint density at radius 1 is 1.53 bits per heavy atom. The van der Waals surface area contributed by atoms with Gasteiger partial charge in [0.25, 0.3) is 0 Å². The lowest BCUT2D eigenvalue weighted by Crippen LogP contribution is -2.00. The van der Waals surface area contributed by atoms with Crippen molar-refractivity contribution >= 4 is 40.2 Å². The summed E-state index contributed by atoms with van der Waals surface area (Å²) in [5, 5.41) is 4.95. The Morgan fingerprint density at radius 3 is 2.93 bits per heavy atom. The summed E-state index contributed by atoms with van der Waals surface area (Å²) >= 11 is 8.84. The third-order valence-corrected chi connectivity index (χ3v) is 4.05. The summed E-state index contributed by atoms with van der Waals surface area (Å²) in [5.41, 5.74) is 0.321. The van der Waals surface area contributed by atoms with Crippen LogP contribution in [0.5, 0.6) is 0 Å². The van der Waals surface area contributed by atoms with Crippen molar-refractivity contribution in [3.63, 3.8) is 0 Å². The highest BCUT2D eigenvalue weighted by Crippen LogP contribution is 2.35. The first kappa shape index (κ1) is 10.6. The average molecular weight is 260 g/mol. The van der Waals surface area contributed by atoms with Gasteiger partial charge < -0.3 is 4.74 Å². The molecule has 6 heteroatoms. The Bertz CT molecular complexity index is 492. The molecule has 15 heavy (non-hydrogen) atoms. The lowest BCUT2D eigenvalue weighted by molar-refractivity contribution is 0.0595. The van der Waals surface area contributed by atoms with Crippen LogP contribution in [0, 0.1) is 0 Å². The van der Waals surface area contributed by atoms with Crippen molar-refractivity contribution in [1.29, 1.82) is 0 Å². The van der Waals surface area contributed by atoms with Crippen LogP contribution >= 0.6 is 34.3 Å². The molecule has 3 nitrogen and oxygen atoms in total. The number of ether oxygens (including phenoxy) is 1. The molecular formula is C9H6ClNO2S2. The molecule has 0 fully saturated rings. The van der Waals surface area contributed by atoms with Crippen molar-refractivity contribution in [2.45, 2.75) is 0 Å². The maximum Gasteiger partial charge on any atom is 0.357 e. The molecule has 0 spiro atoms. The van der Waals surface area contributed by atoms with E-state index < -0.39 is 5.97 Å². The number of aromatic nitrogens is 1. The number of nitrogens with zero attached hydrogens (tertiary/aromatic N) is 1. The van der Waals surface area contributed by atoms with Gasteiger partial charge in [-0.2, -0.15) is 0 Å². The molecule has 2 aromatic heterocycles. The fraction of sp³-hybridized carbons (Fsp3) is 0.111. The molecule has 78 valence electrons. The Morgan fingerprint density at radius 2 is 2.33 bits per heavy atom. The van der Waals surface area contributed by atoms with E-state index in [9.17, 15) is 4.79 Å². The smallest absolute Gasteiger partial charge is 0.357 e. The van der Waals surface area contributed by atoms with Crippen LogP contribution in [0.3, 0.4) is 0 Å². The third kappa shape index (κ3) is 2.04. The Kier molecular flexibility index (Phi) is 3.04. The van der Waals surface area contributed by atoms with Crippen LogP contribution < -0.4 is 0 Å². The number of halogens is 1. The van der Waals surface area contributed by atoms with Gasteiger partial charge in [-0.15, -0.1) is 22.7 Å². The van der Waals surface area contributed by atoms with Crippen LogP contribution in [0.25, 0.3) is 9.88 Å². The van der Waals surface area contributed by atoms with E-state index in [4.69, 9.17) is 11.6 Å². The van der Waals surface area contributed by atoms with E-state index in [0.717, 1.165) is 9.88 Å². The van der Waals surface area contributed by atoms with Crippen molar-refractivity contribution in [1.82, 2.24) is 4.98 Å². The van der Waals surface area contributed by atoms with Gasteiger partial charge in [0, 0.05) is 5.38 Å². The van der Waals surface area contributed by atoms with Crippen molar-refractivity contribution < 1.29 is 9.53 Å². The zero-order valence-electron chi connectivity index (χ0n) is 7.69. The van der Waals surface area contributed by atoms with Crippen molar-refractivity contribution in [2.24, 2.45) is 0 Å². The number of carbonyl (C=O) groups excluding carboxylic acids is 1. The van der Waals surface area contributed by atoms with Crippen LogP contribution in [0.15, 0.2) is 16.8 Å². The number of thiazole rings is 1. The minimum Gasteiger partial charge on any atom is -0.464 e. The first-order chi connectivity index (χ1) is 7.22. The topological polar surface area (TPSA) is 39.2 Å². The summed E-state index contributed by atoms with van der Waals surface area (Å²) in [6, 6.07) is 1.81. The van der Waals surface area contributed by atoms with E-state index in [2.05, 4.69) is 9.72 Å². The summed E-state index contributed by atoms with van der Waals surface area (Å²) < 4.78 is 4.57. The van der Waals surface area contributed by atoms with Gasteiger partial charge in [-0.1, -0.05) is 11.6 Å². The molecule has 0 N–H and O–H groups in total. The number of hydrogen-bond acceptors (Lipinski definition) is 5. The van der Waals surface area contributed by atoms with Gasteiger partial charge in [0.2, 0.25) is 0 Å². The molecule has 2 aromatic rings. The second-order valence-electron chi connectivity index (χ2n) is 2.63. The van der Waals surface area contributed by atoms with Crippen LogP contribution in [0.1, 0.15) is 10.5 Å². The van der Waals surface area contributed by atoms with Gasteiger partial charge in [-0.3, -0.25) is 0 Å². The molecule has 0 saturated heterocycles. The Labute approximate surface area is 99.3 Å². The highest BCUT2D eigenvalue weighted by molar-refractivity contribution is 7.20. The molecule has 2 heterocycles. The molecule has 0 aromatic carbocycles. The number of thiophene rings is 1. The minimum absolute atomic E-state index is 0.321. The summed E-state index contributed by atoms with van der Waals surface area (Å²) in [6.07, 6.45) is 0. The van der Waals surface area contributed by atoms with Crippen LogP contribution in [0.2, 0.25) is 5.02 Å². The van der Waals surface area contributed by atoms with Crippen LogP contribution in [-0.2, 0) is 4.74 Å². The predicted molar refractivity (Wildman–Crippen MR) is 61.8 cm³/mol. The van der Waals surface area contributed by atoms with E-state index >= 15 is 0 Å². The second-order valence-corrected chi connectivity index (χ2v) is 4.81. The average Bonchev–Trinajstić information content (AvgIpc) is 2.84. The molecule has 0 saturated carbocycles. The molecule has 0 bridgehead atoms. The first-order valence-corrected chi connectivity index (χ1v) is 6.13. The standard InChI is InChI=1S/C9H6ClNO2S2/c1-13-9(12)6-4-15-8(11-6)7-5(10)2-3-14-7/h2-4H,1H3. The lowest BCUT2D eigenvalue weighted by atomic mass is 10.4. The minimum atomic E-state index is -0.426. The number of hydrogen-bond donors (Lipinski definition) is 0. The van der Waals surface area contributed by atoms with Gasteiger partial charge >= 0.3 is 5.97 Å². The number of carbonyl (C=O) groups is 1. The molecule has 2 rings (SSSR count). The maximum absolute atomic E-state index is 11.2. The Balaban J connectivity index is 2.36. The molecule has 0 aliphatic carbocycles. The number of rotatable bonds is 2. The molecule has 0 radical (unpaired) electrons. The maximum atomic E-state index is 11.2. The van der Waals surface area contributed by atoms with Gasteiger partial charge in [-0.05, 0) is 11.4 Å². The van der Waals surface area contributed by atoms with Gasteiger partial charge in [0.1, 0.15) is 5.01 Å². The highest BCUT2D eigenvalue weighted by atomic mass is 35.5. The number of methoxy groups -OCH3 is 1. The summed E-state index contributed by atoms with van der Waals surface area (Å²) in [5.74, 6) is -0.426. The quantitative estimate of drug-likeness (QED) is 0.777. The summed E-state index contributed by atoms with van der Waals surface area (Å²) in [7, 11) is 1.33. The van der Waals surface area contributed by atoms with E-state index in [1.54, 1.807) is 11.4 Å².